The van der Waals surface area contributed by atoms with Crippen LogP contribution in [0.3, 0.4) is 0 Å². The van der Waals surface area contributed by atoms with Gasteiger partial charge in [0.05, 0.1) is 7.11 Å². The minimum atomic E-state index is -1.10. The van der Waals surface area contributed by atoms with Gasteiger partial charge in [0.15, 0.2) is 5.78 Å². The van der Waals surface area contributed by atoms with Crippen molar-refractivity contribution < 1.29 is 19.4 Å². The minimum Gasteiger partial charge on any atom is -0.466 e. The van der Waals surface area contributed by atoms with E-state index in [2.05, 4.69) is 4.74 Å². The Kier molecular flexibility index (Phi) is 7.77. The average molecular weight is 280 g/mol. The van der Waals surface area contributed by atoms with Gasteiger partial charge in [-0.3, -0.25) is 4.79 Å². The van der Waals surface area contributed by atoms with Gasteiger partial charge in [0.2, 0.25) is 0 Å². The molecule has 0 fully saturated rings. The number of carbonyl (C=O) groups excluding carboxylic acids is 2. The Morgan fingerprint density at radius 1 is 1.45 bits per heavy atom. The summed E-state index contributed by atoms with van der Waals surface area (Å²) in [5.74, 6) is -0.400. The lowest BCUT2D eigenvalue weighted by Gasteiger charge is -2.28. The summed E-state index contributed by atoms with van der Waals surface area (Å²) in [6.45, 7) is 7.46. The number of allylic oxidation sites excluding steroid dienone is 3. The van der Waals surface area contributed by atoms with E-state index in [4.69, 9.17) is 0 Å². The fourth-order valence-electron chi connectivity index (χ4n) is 1.73. The zero-order valence-electron chi connectivity index (χ0n) is 12.9. The molecule has 1 unspecified atom stereocenters. The van der Waals surface area contributed by atoms with Crippen LogP contribution in [0.15, 0.2) is 35.5 Å². The van der Waals surface area contributed by atoms with Crippen LogP contribution in [0, 0.1) is 0 Å². The van der Waals surface area contributed by atoms with E-state index in [1.807, 2.05) is 13.8 Å². The summed E-state index contributed by atoms with van der Waals surface area (Å²) in [5, 5.41) is 10.3. The largest absolute Gasteiger partial charge is 0.466 e. The highest BCUT2D eigenvalue weighted by atomic mass is 16.5. The summed E-state index contributed by atoms with van der Waals surface area (Å²) in [6.07, 6.45) is 6.78. The standard InChI is InChI=1S/C14H18O4.C2H6/c1-10(8-13(16)18-3)4-6-14(17)7-5-12(15)9-11(14)2;1-2/h4,6,8-9,17H,5,7H2,1-3H3;1-2H3/b6-4?,10-8+;. The van der Waals surface area contributed by atoms with Crippen molar-refractivity contribution in [1.29, 1.82) is 0 Å². The first-order valence-corrected chi connectivity index (χ1v) is 6.77. The second-order valence-electron chi connectivity index (χ2n) is 4.46. The maximum absolute atomic E-state index is 11.2. The second-order valence-corrected chi connectivity index (χ2v) is 4.46. The van der Waals surface area contributed by atoms with Crippen LogP contribution in [0.25, 0.3) is 0 Å². The fourth-order valence-corrected chi connectivity index (χ4v) is 1.73. The second kappa shape index (κ2) is 8.48. The van der Waals surface area contributed by atoms with Crippen molar-refractivity contribution in [2.24, 2.45) is 0 Å². The van der Waals surface area contributed by atoms with Crippen molar-refractivity contribution in [3.63, 3.8) is 0 Å². The SMILES string of the molecule is CC.COC(=O)/C=C(\C)C=CC1(O)CCC(=O)C=C1C. The molecule has 4 nitrogen and oxygen atoms in total. The third-order valence-electron chi connectivity index (χ3n) is 2.98. The topological polar surface area (TPSA) is 63.6 Å². The molecule has 1 N–H and O–H groups in total. The first-order valence-electron chi connectivity index (χ1n) is 6.77. The third kappa shape index (κ3) is 5.53. The molecule has 0 bridgehead atoms. The quantitative estimate of drug-likeness (QED) is 0.490. The lowest BCUT2D eigenvalue weighted by molar-refractivity contribution is -0.134. The van der Waals surface area contributed by atoms with E-state index in [-0.39, 0.29) is 5.78 Å². The number of hydrogen-bond acceptors (Lipinski definition) is 4. The van der Waals surface area contributed by atoms with Gasteiger partial charge >= 0.3 is 5.97 Å². The summed E-state index contributed by atoms with van der Waals surface area (Å²) in [6, 6.07) is 0. The highest BCUT2D eigenvalue weighted by Gasteiger charge is 2.30. The van der Waals surface area contributed by atoms with Gasteiger partial charge in [-0.1, -0.05) is 19.9 Å². The van der Waals surface area contributed by atoms with Crippen LogP contribution in [0.1, 0.15) is 40.5 Å². The molecule has 112 valence electrons. The van der Waals surface area contributed by atoms with Gasteiger partial charge in [-0.05, 0) is 43.6 Å². The smallest absolute Gasteiger partial charge is 0.330 e. The molecule has 1 aliphatic carbocycles. The Morgan fingerprint density at radius 2 is 2.05 bits per heavy atom. The van der Waals surface area contributed by atoms with Crippen molar-refractivity contribution in [3.05, 3.63) is 35.5 Å². The number of carbonyl (C=O) groups is 2. The molecule has 20 heavy (non-hydrogen) atoms. The molecule has 1 atom stereocenters. The number of esters is 1. The lowest BCUT2D eigenvalue weighted by Crippen LogP contribution is -2.32. The maximum Gasteiger partial charge on any atom is 0.330 e. The van der Waals surface area contributed by atoms with E-state index < -0.39 is 11.6 Å². The number of ether oxygens (including phenoxy) is 1. The molecule has 0 heterocycles. The van der Waals surface area contributed by atoms with Crippen molar-refractivity contribution in [1.82, 2.24) is 0 Å². The van der Waals surface area contributed by atoms with Gasteiger partial charge in [-0.2, -0.15) is 0 Å². The molecule has 1 aliphatic rings. The van der Waals surface area contributed by atoms with Gasteiger partial charge in [-0.15, -0.1) is 0 Å². The van der Waals surface area contributed by atoms with Crippen LogP contribution < -0.4 is 0 Å². The monoisotopic (exact) mass is 280 g/mol. The Morgan fingerprint density at radius 3 is 2.55 bits per heavy atom. The van der Waals surface area contributed by atoms with Gasteiger partial charge in [-0.25, -0.2) is 4.79 Å². The zero-order valence-corrected chi connectivity index (χ0v) is 12.9. The first-order chi connectivity index (χ1) is 9.37. The molecule has 0 saturated heterocycles. The van der Waals surface area contributed by atoms with Gasteiger partial charge < -0.3 is 9.84 Å². The highest BCUT2D eigenvalue weighted by Crippen LogP contribution is 2.29. The number of hydrogen-bond donors (Lipinski definition) is 1. The van der Waals surface area contributed by atoms with Gasteiger partial charge in [0, 0.05) is 12.5 Å². The Balaban J connectivity index is 0.00000172. The number of methoxy groups -OCH3 is 1. The van der Waals surface area contributed by atoms with Crippen LogP contribution in [0.5, 0.6) is 0 Å². The summed E-state index contributed by atoms with van der Waals surface area (Å²) in [4.78, 5) is 22.2. The summed E-state index contributed by atoms with van der Waals surface area (Å²) in [5.41, 5.74) is 0.208. The van der Waals surface area contributed by atoms with E-state index in [0.717, 1.165) is 0 Å². The van der Waals surface area contributed by atoms with Crippen LogP contribution in [0.2, 0.25) is 0 Å². The van der Waals surface area contributed by atoms with Crippen molar-refractivity contribution in [3.8, 4) is 0 Å². The summed E-state index contributed by atoms with van der Waals surface area (Å²) in [7, 11) is 1.31. The Hall–Kier alpha value is -1.68. The van der Waals surface area contributed by atoms with E-state index in [9.17, 15) is 14.7 Å². The Bertz CT molecular complexity index is 443. The van der Waals surface area contributed by atoms with Gasteiger partial charge in [0.1, 0.15) is 5.60 Å². The van der Waals surface area contributed by atoms with Crippen molar-refractivity contribution in [2.75, 3.05) is 7.11 Å². The highest BCUT2D eigenvalue weighted by molar-refractivity contribution is 5.92. The molecular weight excluding hydrogens is 256 g/mol. The molecule has 1 rings (SSSR count). The number of rotatable bonds is 3. The van der Waals surface area contributed by atoms with E-state index >= 15 is 0 Å². The summed E-state index contributed by atoms with van der Waals surface area (Å²) < 4.78 is 4.51. The molecule has 0 aliphatic heterocycles. The molecule has 0 radical (unpaired) electrons. The normalized spacial score (nSPS) is 23.0. The van der Waals surface area contributed by atoms with Gasteiger partial charge in [0.25, 0.3) is 0 Å². The fraction of sp³-hybridized carbons (Fsp3) is 0.500. The average Bonchev–Trinajstić information content (AvgIpc) is 2.43. The lowest BCUT2D eigenvalue weighted by atomic mass is 9.83. The minimum absolute atomic E-state index is 0.0346. The van der Waals surface area contributed by atoms with Crippen LogP contribution in [-0.2, 0) is 14.3 Å². The molecular formula is C16H24O4. The first kappa shape index (κ1) is 18.3. The van der Waals surface area contributed by atoms with E-state index in [1.165, 1.54) is 19.3 Å². The Labute approximate surface area is 120 Å². The molecule has 0 spiro atoms. The molecule has 4 heteroatoms. The zero-order chi connectivity index (χ0) is 15.8. The van der Waals surface area contributed by atoms with Crippen LogP contribution in [-0.4, -0.2) is 29.6 Å². The summed E-state index contributed by atoms with van der Waals surface area (Å²) >= 11 is 0. The molecule has 0 aromatic heterocycles. The number of ketones is 1. The third-order valence-corrected chi connectivity index (χ3v) is 2.98. The van der Waals surface area contributed by atoms with E-state index in [0.29, 0.717) is 24.0 Å². The maximum atomic E-state index is 11.2. The molecule has 0 saturated carbocycles. The molecule has 0 aromatic carbocycles. The van der Waals surface area contributed by atoms with Crippen LogP contribution >= 0.6 is 0 Å². The van der Waals surface area contributed by atoms with Crippen molar-refractivity contribution >= 4 is 11.8 Å². The molecule has 0 aromatic rings. The predicted molar refractivity (Wildman–Crippen MR) is 79.2 cm³/mol. The predicted octanol–water partition coefficient (Wildman–Crippen LogP) is 2.73. The van der Waals surface area contributed by atoms with E-state index in [1.54, 1.807) is 26.0 Å². The van der Waals surface area contributed by atoms with Crippen molar-refractivity contribution in [2.45, 2.75) is 46.1 Å². The van der Waals surface area contributed by atoms with Crippen LogP contribution in [0.4, 0.5) is 0 Å². The molecule has 0 amide bonds. The number of aliphatic hydroxyl groups is 1.